The van der Waals surface area contributed by atoms with Crippen LogP contribution in [0.25, 0.3) is 0 Å². The van der Waals surface area contributed by atoms with Crippen molar-refractivity contribution in [2.75, 3.05) is 6.54 Å². The molecule has 0 amide bonds. The molecule has 94 valence electrons. The number of halogens is 1. The molecule has 0 bridgehead atoms. The van der Waals surface area contributed by atoms with Crippen LogP contribution in [0, 0.1) is 10.1 Å². The quantitative estimate of drug-likeness (QED) is 0.377. The van der Waals surface area contributed by atoms with Crippen LogP contribution in [0.4, 0.5) is 5.69 Å². The molecular weight excluding hydrogens is 288 g/mol. The molecule has 1 rings (SSSR count). The lowest BCUT2D eigenvalue weighted by Crippen LogP contribution is -2.23. The summed E-state index contributed by atoms with van der Waals surface area (Å²) in [6, 6.07) is 0.948. The summed E-state index contributed by atoms with van der Waals surface area (Å²) in [5.74, 6) is 0. The molecule has 1 heterocycles. The average Bonchev–Trinajstić information content (AvgIpc) is 2.61. The van der Waals surface area contributed by atoms with Gasteiger partial charge in [0.05, 0.1) is 4.92 Å². The van der Waals surface area contributed by atoms with Crippen molar-refractivity contribution in [1.82, 2.24) is 4.72 Å². The van der Waals surface area contributed by atoms with E-state index in [1.54, 1.807) is 6.08 Å². The molecule has 0 spiro atoms. The first kappa shape index (κ1) is 14.1. The minimum Gasteiger partial charge on any atom is -0.258 e. The second-order valence-corrected chi connectivity index (χ2v) is 6.60. The Morgan fingerprint density at radius 3 is 2.76 bits per heavy atom. The molecule has 1 aromatic rings. The number of rotatable bonds is 6. The SMILES string of the molecule is C=CCCNS(=O)(=O)c1cc([N+](=O)[O-])c(Cl)s1. The van der Waals surface area contributed by atoms with Gasteiger partial charge < -0.3 is 0 Å². The van der Waals surface area contributed by atoms with Gasteiger partial charge in [0.15, 0.2) is 4.34 Å². The highest BCUT2D eigenvalue weighted by Crippen LogP contribution is 2.35. The van der Waals surface area contributed by atoms with Crippen molar-refractivity contribution in [3.63, 3.8) is 0 Å². The first-order valence-electron chi connectivity index (χ1n) is 4.42. The summed E-state index contributed by atoms with van der Waals surface area (Å²) < 4.78 is 25.3. The van der Waals surface area contributed by atoms with Gasteiger partial charge in [-0.15, -0.1) is 17.9 Å². The minimum atomic E-state index is -3.74. The van der Waals surface area contributed by atoms with Gasteiger partial charge in [0, 0.05) is 12.6 Å². The Hall–Kier alpha value is -0.960. The zero-order valence-corrected chi connectivity index (χ0v) is 10.9. The minimum absolute atomic E-state index is 0.154. The lowest BCUT2D eigenvalue weighted by Gasteiger charge is -2.01. The summed E-state index contributed by atoms with van der Waals surface area (Å²) in [4.78, 5) is 9.80. The van der Waals surface area contributed by atoms with Crippen molar-refractivity contribution in [2.45, 2.75) is 10.6 Å². The molecule has 1 N–H and O–H groups in total. The highest BCUT2D eigenvalue weighted by molar-refractivity contribution is 7.91. The van der Waals surface area contributed by atoms with E-state index in [4.69, 9.17) is 11.6 Å². The predicted molar refractivity (Wildman–Crippen MR) is 66.0 cm³/mol. The van der Waals surface area contributed by atoms with Gasteiger partial charge in [0.2, 0.25) is 10.0 Å². The molecule has 0 saturated heterocycles. The first-order chi connectivity index (χ1) is 7.88. The number of hydrogen-bond donors (Lipinski definition) is 1. The van der Waals surface area contributed by atoms with Gasteiger partial charge in [-0.2, -0.15) is 0 Å². The van der Waals surface area contributed by atoms with Crippen molar-refractivity contribution in [2.24, 2.45) is 0 Å². The van der Waals surface area contributed by atoms with Crippen LogP contribution in [0.2, 0.25) is 4.34 Å². The third kappa shape index (κ3) is 3.50. The maximum atomic E-state index is 11.7. The number of hydrogen-bond acceptors (Lipinski definition) is 5. The predicted octanol–water partition coefficient (Wildman–Crippen LogP) is 2.16. The van der Waals surface area contributed by atoms with Gasteiger partial charge in [-0.3, -0.25) is 10.1 Å². The van der Waals surface area contributed by atoms with Crippen LogP contribution in [-0.2, 0) is 10.0 Å². The summed E-state index contributed by atoms with van der Waals surface area (Å²) in [5, 5.41) is 10.5. The maximum absolute atomic E-state index is 11.7. The Morgan fingerprint density at radius 2 is 2.29 bits per heavy atom. The fraction of sp³-hybridized carbons (Fsp3) is 0.250. The number of sulfonamides is 1. The molecule has 0 saturated carbocycles. The molecule has 0 aliphatic carbocycles. The molecule has 0 aliphatic heterocycles. The number of nitrogens with zero attached hydrogens (tertiary/aromatic N) is 1. The van der Waals surface area contributed by atoms with Gasteiger partial charge >= 0.3 is 0 Å². The highest BCUT2D eigenvalue weighted by Gasteiger charge is 2.24. The van der Waals surface area contributed by atoms with E-state index in [2.05, 4.69) is 11.3 Å². The zero-order chi connectivity index (χ0) is 13.1. The molecule has 0 aliphatic rings. The molecule has 0 unspecified atom stereocenters. The Morgan fingerprint density at radius 1 is 1.65 bits per heavy atom. The van der Waals surface area contributed by atoms with E-state index in [1.165, 1.54) is 0 Å². The Labute approximate surface area is 107 Å². The molecule has 0 aromatic carbocycles. The number of thiophene rings is 1. The summed E-state index contributed by atoms with van der Waals surface area (Å²) in [5.41, 5.74) is -0.402. The van der Waals surface area contributed by atoms with Crippen molar-refractivity contribution >= 4 is 38.6 Å². The molecule has 1 aromatic heterocycles. The van der Waals surface area contributed by atoms with Crippen LogP contribution in [0.5, 0.6) is 0 Å². The second kappa shape index (κ2) is 5.58. The summed E-state index contributed by atoms with van der Waals surface area (Å²) in [6.45, 7) is 3.64. The van der Waals surface area contributed by atoms with E-state index in [1.807, 2.05) is 0 Å². The topological polar surface area (TPSA) is 89.3 Å². The molecule has 0 fully saturated rings. The van der Waals surface area contributed by atoms with Gasteiger partial charge in [0.25, 0.3) is 5.69 Å². The Kier molecular flexibility index (Phi) is 4.63. The summed E-state index contributed by atoms with van der Waals surface area (Å²) in [7, 11) is -3.74. The lowest BCUT2D eigenvalue weighted by molar-refractivity contribution is -0.384. The van der Waals surface area contributed by atoms with Crippen molar-refractivity contribution in [1.29, 1.82) is 0 Å². The largest absolute Gasteiger partial charge is 0.300 e. The number of nitrogens with one attached hydrogen (secondary N) is 1. The molecule has 17 heavy (non-hydrogen) atoms. The van der Waals surface area contributed by atoms with E-state index >= 15 is 0 Å². The highest BCUT2D eigenvalue weighted by atomic mass is 35.5. The first-order valence-corrected chi connectivity index (χ1v) is 7.10. The Bertz CT molecular complexity index is 538. The van der Waals surface area contributed by atoms with E-state index < -0.39 is 20.6 Å². The van der Waals surface area contributed by atoms with Gasteiger partial charge in [0.1, 0.15) is 4.21 Å². The average molecular weight is 297 g/mol. The van der Waals surface area contributed by atoms with Crippen LogP contribution in [0.3, 0.4) is 0 Å². The smallest absolute Gasteiger partial charge is 0.258 e. The van der Waals surface area contributed by atoms with Gasteiger partial charge in [-0.1, -0.05) is 17.7 Å². The van der Waals surface area contributed by atoms with Crippen LogP contribution in [0.15, 0.2) is 22.9 Å². The zero-order valence-electron chi connectivity index (χ0n) is 8.55. The van der Waals surface area contributed by atoms with Crippen LogP contribution >= 0.6 is 22.9 Å². The summed E-state index contributed by atoms with van der Waals surface area (Å²) in [6.07, 6.45) is 2.03. The van der Waals surface area contributed by atoms with E-state index in [9.17, 15) is 18.5 Å². The van der Waals surface area contributed by atoms with Gasteiger partial charge in [-0.05, 0) is 6.42 Å². The van der Waals surface area contributed by atoms with E-state index in [-0.39, 0.29) is 15.1 Å². The monoisotopic (exact) mass is 296 g/mol. The molecule has 0 radical (unpaired) electrons. The molecule has 9 heteroatoms. The second-order valence-electron chi connectivity index (χ2n) is 2.96. The molecule has 6 nitrogen and oxygen atoms in total. The third-order valence-corrected chi connectivity index (χ3v) is 5.02. The van der Waals surface area contributed by atoms with Crippen molar-refractivity contribution in [3.05, 3.63) is 33.2 Å². The van der Waals surface area contributed by atoms with E-state index in [0.717, 1.165) is 6.07 Å². The normalized spacial score (nSPS) is 11.4. The molecule has 0 atom stereocenters. The fourth-order valence-corrected chi connectivity index (χ4v) is 3.72. The standard InChI is InChI=1S/C8H9ClN2O4S2/c1-2-3-4-10-17(14,15)7-5-6(11(12)13)8(9)16-7/h2,5,10H,1,3-4H2. The van der Waals surface area contributed by atoms with Crippen molar-refractivity contribution < 1.29 is 13.3 Å². The Balaban J connectivity index is 2.96. The number of nitro groups is 1. The van der Waals surface area contributed by atoms with Crippen LogP contribution in [0.1, 0.15) is 6.42 Å². The van der Waals surface area contributed by atoms with Crippen LogP contribution in [-0.4, -0.2) is 19.9 Å². The lowest BCUT2D eigenvalue weighted by atomic mass is 10.4. The van der Waals surface area contributed by atoms with Crippen LogP contribution < -0.4 is 4.72 Å². The third-order valence-electron chi connectivity index (χ3n) is 1.75. The van der Waals surface area contributed by atoms with E-state index in [0.29, 0.717) is 17.8 Å². The summed E-state index contributed by atoms with van der Waals surface area (Å²) >= 11 is 6.23. The van der Waals surface area contributed by atoms with Gasteiger partial charge in [-0.25, -0.2) is 13.1 Å². The fourth-order valence-electron chi connectivity index (χ4n) is 0.962. The van der Waals surface area contributed by atoms with Crippen molar-refractivity contribution in [3.8, 4) is 0 Å². The maximum Gasteiger partial charge on any atom is 0.300 e. The molecular formula is C8H9ClN2O4S2.